The summed E-state index contributed by atoms with van der Waals surface area (Å²) >= 11 is 5.97. The lowest BCUT2D eigenvalue weighted by molar-refractivity contribution is 0.100. The summed E-state index contributed by atoms with van der Waals surface area (Å²) in [5, 5.41) is 2.32. The van der Waals surface area contributed by atoms with E-state index in [-0.39, 0.29) is 5.96 Å². The Bertz CT molecular complexity index is 933. The first-order chi connectivity index (χ1) is 11.0. The molecule has 1 amide bonds. The van der Waals surface area contributed by atoms with Crippen molar-refractivity contribution in [2.24, 2.45) is 16.5 Å². The molecule has 1 aromatic heterocycles. The third-order valence-corrected chi connectivity index (χ3v) is 3.60. The Morgan fingerprint density at radius 2 is 1.91 bits per heavy atom. The molecule has 6 heteroatoms. The van der Waals surface area contributed by atoms with Crippen LogP contribution < -0.4 is 11.5 Å². The fraction of sp³-hybridized carbons (Fsp3) is 0. The fourth-order valence-corrected chi connectivity index (χ4v) is 2.58. The number of carbonyl (C=O) groups is 1. The zero-order valence-electron chi connectivity index (χ0n) is 12.0. The Labute approximate surface area is 137 Å². The second-order valence-electron chi connectivity index (χ2n) is 4.95. The molecule has 4 N–H and O–H groups in total. The molecule has 3 rings (SSSR count). The van der Waals surface area contributed by atoms with E-state index in [2.05, 4.69) is 9.98 Å². The fourth-order valence-electron chi connectivity index (χ4n) is 2.41. The summed E-state index contributed by atoms with van der Waals surface area (Å²) in [5.41, 5.74) is 12.8. The van der Waals surface area contributed by atoms with Crippen LogP contribution in [0.4, 0.5) is 0 Å². The summed E-state index contributed by atoms with van der Waals surface area (Å²) in [6.07, 6.45) is 1.64. The lowest BCUT2D eigenvalue weighted by atomic mass is 9.97. The Balaban J connectivity index is 2.19. The van der Waals surface area contributed by atoms with E-state index in [1.54, 1.807) is 24.4 Å². The van der Waals surface area contributed by atoms with E-state index in [4.69, 9.17) is 23.1 Å². The smallest absolute Gasteiger partial charge is 0.280 e. The van der Waals surface area contributed by atoms with E-state index < -0.39 is 5.91 Å². The van der Waals surface area contributed by atoms with Gasteiger partial charge in [0.05, 0.1) is 0 Å². The molecule has 114 valence electrons. The van der Waals surface area contributed by atoms with Gasteiger partial charge >= 0.3 is 0 Å². The molecule has 0 unspecified atom stereocenters. The topological polar surface area (TPSA) is 94.4 Å². The number of fused-ring (bicyclic) bond motifs is 1. The van der Waals surface area contributed by atoms with E-state index in [0.717, 1.165) is 21.9 Å². The second-order valence-corrected chi connectivity index (χ2v) is 5.34. The van der Waals surface area contributed by atoms with E-state index >= 15 is 0 Å². The highest BCUT2D eigenvalue weighted by Gasteiger charge is 2.09. The minimum absolute atomic E-state index is 0.260. The lowest BCUT2D eigenvalue weighted by Gasteiger charge is -2.08. The van der Waals surface area contributed by atoms with Gasteiger partial charge in [0.25, 0.3) is 5.91 Å². The first-order valence-corrected chi connectivity index (χ1v) is 7.21. The van der Waals surface area contributed by atoms with Gasteiger partial charge in [0.2, 0.25) is 0 Å². The molecule has 0 saturated carbocycles. The van der Waals surface area contributed by atoms with Crippen molar-refractivity contribution in [1.82, 2.24) is 4.98 Å². The standard InChI is InChI=1S/C17H13ClN4O/c18-15-9-11(6-7-21-15)13-3-1-2-10-4-5-12(8-14(10)13)16(23)22-17(19)20/h1-9H,(H4,19,20,22,23). The average Bonchev–Trinajstić information content (AvgIpc) is 2.53. The Morgan fingerprint density at radius 3 is 2.65 bits per heavy atom. The van der Waals surface area contributed by atoms with Gasteiger partial charge in [-0.25, -0.2) is 4.98 Å². The molecular weight excluding hydrogens is 312 g/mol. The third-order valence-electron chi connectivity index (χ3n) is 3.40. The molecule has 0 radical (unpaired) electrons. The minimum atomic E-state index is -0.477. The number of hydrogen-bond acceptors (Lipinski definition) is 2. The summed E-state index contributed by atoms with van der Waals surface area (Å²) in [4.78, 5) is 19.6. The maximum absolute atomic E-state index is 12.0. The number of halogens is 1. The maximum atomic E-state index is 12.0. The largest absolute Gasteiger partial charge is 0.370 e. The average molecular weight is 325 g/mol. The molecule has 23 heavy (non-hydrogen) atoms. The van der Waals surface area contributed by atoms with E-state index in [1.165, 1.54) is 0 Å². The summed E-state index contributed by atoms with van der Waals surface area (Å²) in [6, 6.07) is 14.8. The number of hydrogen-bond donors (Lipinski definition) is 2. The Morgan fingerprint density at radius 1 is 1.09 bits per heavy atom. The molecule has 0 aliphatic heterocycles. The quantitative estimate of drug-likeness (QED) is 0.430. The van der Waals surface area contributed by atoms with Crippen molar-refractivity contribution in [3.8, 4) is 11.1 Å². The zero-order valence-corrected chi connectivity index (χ0v) is 12.8. The van der Waals surface area contributed by atoms with Crippen molar-refractivity contribution in [1.29, 1.82) is 0 Å². The zero-order chi connectivity index (χ0) is 16.4. The number of rotatable bonds is 2. The molecule has 0 bridgehead atoms. The third kappa shape index (κ3) is 3.14. The van der Waals surface area contributed by atoms with Gasteiger partial charge in [-0.2, -0.15) is 4.99 Å². The first-order valence-electron chi connectivity index (χ1n) is 6.83. The van der Waals surface area contributed by atoms with Gasteiger partial charge in [0.1, 0.15) is 5.15 Å². The van der Waals surface area contributed by atoms with Crippen LogP contribution in [0, 0.1) is 0 Å². The number of benzene rings is 2. The van der Waals surface area contributed by atoms with E-state index in [0.29, 0.717) is 10.7 Å². The van der Waals surface area contributed by atoms with Gasteiger partial charge in [-0.3, -0.25) is 4.79 Å². The number of guanidine groups is 1. The highest BCUT2D eigenvalue weighted by atomic mass is 35.5. The van der Waals surface area contributed by atoms with Crippen LogP contribution in [0.2, 0.25) is 5.15 Å². The first kappa shape index (κ1) is 15.0. The van der Waals surface area contributed by atoms with Crippen molar-refractivity contribution in [2.75, 3.05) is 0 Å². The molecule has 5 nitrogen and oxygen atoms in total. The molecule has 0 aliphatic carbocycles. The van der Waals surface area contributed by atoms with Gasteiger partial charge in [-0.05, 0) is 46.2 Å². The number of aromatic nitrogens is 1. The predicted molar refractivity (Wildman–Crippen MR) is 92.3 cm³/mol. The van der Waals surface area contributed by atoms with Crippen molar-refractivity contribution in [3.63, 3.8) is 0 Å². The van der Waals surface area contributed by atoms with Crippen LogP contribution >= 0.6 is 11.6 Å². The summed E-state index contributed by atoms with van der Waals surface area (Å²) in [6.45, 7) is 0. The van der Waals surface area contributed by atoms with Crippen molar-refractivity contribution in [3.05, 3.63) is 65.4 Å². The Hall–Kier alpha value is -2.92. The molecule has 0 atom stereocenters. The van der Waals surface area contributed by atoms with Crippen molar-refractivity contribution in [2.45, 2.75) is 0 Å². The number of carbonyl (C=O) groups excluding carboxylic acids is 1. The van der Waals surface area contributed by atoms with Gasteiger partial charge in [-0.1, -0.05) is 35.9 Å². The summed E-state index contributed by atoms with van der Waals surface area (Å²) < 4.78 is 0. The van der Waals surface area contributed by atoms with Crippen LogP contribution in [-0.4, -0.2) is 16.9 Å². The normalized spacial score (nSPS) is 10.5. The van der Waals surface area contributed by atoms with Crippen LogP contribution in [-0.2, 0) is 0 Å². The number of nitrogens with two attached hydrogens (primary N) is 2. The molecule has 2 aromatic carbocycles. The van der Waals surface area contributed by atoms with Gasteiger partial charge in [0.15, 0.2) is 5.96 Å². The number of pyridine rings is 1. The van der Waals surface area contributed by atoms with Crippen molar-refractivity contribution >= 4 is 34.2 Å². The summed E-state index contributed by atoms with van der Waals surface area (Å²) in [7, 11) is 0. The highest BCUT2D eigenvalue weighted by Crippen LogP contribution is 2.30. The maximum Gasteiger partial charge on any atom is 0.280 e. The minimum Gasteiger partial charge on any atom is -0.370 e. The molecule has 0 aliphatic rings. The highest BCUT2D eigenvalue weighted by molar-refractivity contribution is 6.29. The lowest BCUT2D eigenvalue weighted by Crippen LogP contribution is -2.24. The second kappa shape index (κ2) is 6.06. The van der Waals surface area contributed by atoms with Gasteiger partial charge in [-0.15, -0.1) is 0 Å². The monoisotopic (exact) mass is 324 g/mol. The van der Waals surface area contributed by atoms with Crippen LogP contribution in [0.1, 0.15) is 10.4 Å². The number of amides is 1. The molecule has 3 aromatic rings. The van der Waals surface area contributed by atoms with Gasteiger partial charge < -0.3 is 11.5 Å². The molecule has 0 spiro atoms. The van der Waals surface area contributed by atoms with Crippen molar-refractivity contribution < 1.29 is 4.79 Å². The van der Waals surface area contributed by atoms with Gasteiger partial charge in [0, 0.05) is 11.8 Å². The molecule has 0 saturated heterocycles. The Kier molecular flexibility index (Phi) is 3.95. The van der Waals surface area contributed by atoms with Crippen LogP contribution in [0.3, 0.4) is 0 Å². The number of nitrogens with zero attached hydrogens (tertiary/aromatic N) is 2. The van der Waals surface area contributed by atoms with Crippen LogP contribution in [0.15, 0.2) is 59.7 Å². The SMILES string of the molecule is NC(N)=NC(=O)c1ccc2cccc(-c3ccnc(Cl)c3)c2c1. The van der Waals surface area contributed by atoms with E-state index in [1.807, 2.05) is 30.3 Å². The van der Waals surface area contributed by atoms with Crippen LogP contribution in [0.5, 0.6) is 0 Å². The van der Waals surface area contributed by atoms with Crippen LogP contribution in [0.25, 0.3) is 21.9 Å². The summed E-state index contributed by atoms with van der Waals surface area (Å²) in [5.74, 6) is -0.737. The predicted octanol–water partition coefficient (Wildman–Crippen LogP) is 2.97. The number of aliphatic imine (C=N–C) groups is 1. The molecular formula is C17H13ClN4O. The molecule has 0 fully saturated rings. The van der Waals surface area contributed by atoms with E-state index in [9.17, 15) is 4.79 Å². The molecule has 1 heterocycles.